The predicted molar refractivity (Wildman–Crippen MR) is 72.7 cm³/mol. The maximum atomic E-state index is 12.0. The molecule has 7 heteroatoms. The Morgan fingerprint density at radius 2 is 2.37 bits per heavy atom. The van der Waals surface area contributed by atoms with Crippen molar-refractivity contribution in [3.05, 3.63) is 40.7 Å². The summed E-state index contributed by atoms with van der Waals surface area (Å²) < 4.78 is 0. The molecule has 0 aliphatic carbocycles. The summed E-state index contributed by atoms with van der Waals surface area (Å²) in [5.74, 6) is -0.213. The van der Waals surface area contributed by atoms with E-state index in [9.17, 15) is 4.79 Å². The molecule has 100 valence electrons. The fraction of sp³-hybridized carbons (Fsp3) is 0.250. The average molecular weight is 280 g/mol. The van der Waals surface area contributed by atoms with Gasteiger partial charge in [0.05, 0.1) is 6.04 Å². The number of rotatable bonds is 4. The van der Waals surface area contributed by atoms with Gasteiger partial charge in [0, 0.05) is 5.02 Å². The molecule has 0 saturated carbocycles. The van der Waals surface area contributed by atoms with Gasteiger partial charge >= 0.3 is 0 Å². The number of nitrogens with two attached hydrogens (primary N) is 1. The van der Waals surface area contributed by atoms with E-state index < -0.39 is 0 Å². The largest absolute Gasteiger partial charge is 0.366 e. The maximum Gasteiger partial charge on any atom is 0.289 e. The predicted octanol–water partition coefficient (Wildman–Crippen LogP) is 1.92. The van der Waals surface area contributed by atoms with E-state index in [2.05, 4.69) is 20.5 Å². The van der Waals surface area contributed by atoms with E-state index in [0.717, 1.165) is 12.0 Å². The minimum absolute atomic E-state index is 0.0426. The second-order valence-corrected chi connectivity index (χ2v) is 4.47. The number of nitrogen functional groups attached to an aromatic ring is 1. The summed E-state index contributed by atoms with van der Waals surface area (Å²) in [4.78, 5) is 15.7. The fourth-order valence-electron chi connectivity index (χ4n) is 1.75. The quantitative estimate of drug-likeness (QED) is 0.796. The lowest BCUT2D eigenvalue weighted by molar-refractivity contribution is 0.0925. The number of aromatic nitrogens is 3. The minimum atomic E-state index is -0.351. The Morgan fingerprint density at radius 3 is 2.95 bits per heavy atom. The number of carbonyl (C=O) groups is 1. The molecule has 6 nitrogen and oxygen atoms in total. The Morgan fingerprint density at radius 1 is 1.58 bits per heavy atom. The van der Waals surface area contributed by atoms with Crippen LogP contribution >= 0.6 is 11.6 Å². The highest BCUT2D eigenvalue weighted by atomic mass is 35.5. The van der Waals surface area contributed by atoms with Crippen molar-refractivity contribution >= 4 is 23.5 Å². The molecule has 2 rings (SSSR count). The van der Waals surface area contributed by atoms with Crippen LogP contribution in [0.25, 0.3) is 0 Å². The third kappa shape index (κ3) is 3.23. The molecule has 2 aromatic rings. The molecular formula is C12H14ClN5O. The van der Waals surface area contributed by atoms with E-state index in [1.54, 1.807) is 6.07 Å². The number of aromatic amines is 1. The van der Waals surface area contributed by atoms with E-state index >= 15 is 0 Å². The summed E-state index contributed by atoms with van der Waals surface area (Å²) in [5, 5.41) is 9.58. The van der Waals surface area contributed by atoms with E-state index in [0.29, 0.717) is 5.02 Å². The Bertz CT molecular complexity index is 583. The summed E-state index contributed by atoms with van der Waals surface area (Å²) in [7, 11) is 0. The van der Waals surface area contributed by atoms with Gasteiger partial charge < -0.3 is 11.1 Å². The second-order valence-electron chi connectivity index (χ2n) is 4.03. The Hall–Kier alpha value is -2.08. The number of halogens is 1. The molecule has 0 spiro atoms. The van der Waals surface area contributed by atoms with Gasteiger partial charge in [0.15, 0.2) is 0 Å². The van der Waals surface area contributed by atoms with E-state index in [4.69, 9.17) is 17.3 Å². The molecule has 0 fully saturated rings. The van der Waals surface area contributed by atoms with Crippen molar-refractivity contribution in [1.29, 1.82) is 0 Å². The number of nitrogens with zero attached hydrogens (tertiary/aromatic N) is 2. The van der Waals surface area contributed by atoms with Crippen molar-refractivity contribution in [3.8, 4) is 0 Å². The highest BCUT2D eigenvalue weighted by Gasteiger charge is 2.16. The average Bonchev–Trinajstić information content (AvgIpc) is 2.82. The molecule has 1 heterocycles. The molecule has 1 aromatic heterocycles. The summed E-state index contributed by atoms with van der Waals surface area (Å²) in [6, 6.07) is 7.23. The van der Waals surface area contributed by atoms with Crippen LogP contribution in [0.15, 0.2) is 24.3 Å². The molecule has 4 N–H and O–H groups in total. The molecule has 0 aliphatic heterocycles. The third-order valence-corrected chi connectivity index (χ3v) is 2.92. The highest BCUT2D eigenvalue weighted by Crippen LogP contribution is 2.20. The van der Waals surface area contributed by atoms with E-state index in [1.807, 2.05) is 25.1 Å². The molecule has 1 unspecified atom stereocenters. The Kier molecular flexibility index (Phi) is 4.01. The topological polar surface area (TPSA) is 96.7 Å². The Balaban J connectivity index is 2.13. The first kappa shape index (κ1) is 13.4. The van der Waals surface area contributed by atoms with Crippen LogP contribution in [0.4, 0.5) is 5.95 Å². The van der Waals surface area contributed by atoms with Crippen molar-refractivity contribution in [2.75, 3.05) is 5.73 Å². The third-order valence-electron chi connectivity index (χ3n) is 2.68. The van der Waals surface area contributed by atoms with Crippen LogP contribution in [0.2, 0.25) is 5.02 Å². The van der Waals surface area contributed by atoms with Gasteiger partial charge in [0.1, 0.15) is 0 Å². The van der Waals surface area contributed by atoms with Gasteiger partial charge in [0.2, 0.25) is 11.8 Å². The second kappa shape index (κ2) is 5.71. The van der Waals surface area contributed by atoms with E-state index in [1.165, 1.54) is 0 Å². The van der Waals surface area contributed by atoms with Gasteiger partial charge in [-0.05, 0) is 24.1 Å². The van der Waals surface area contributed by atoms with Gasteiger partial charge in [-0.25, -0.2) is 0 Å². The standard InChI is InChI=1S/C12H14ClN5O/c1-2-9(7-4-3-5-8(13)6-7)15-11(19)10-16-12(14)18-17-10/h3-6,9H,2H2,1H3,(H,15,19)(H3,14,16,17,18). The zero-order chi connectivity index (χ0) is 13.8. The zero-order valence-corrected chi connectivity index (χ0v) is 11.1. The van der Waals surface area contributed by atoms with Crippen LogP contribution in [0.3, 0.4) is 0 Å². The van der Waals surface area contributed by atoms with Gasteiger partial charge in [-0.15, -0.1) is 5.10 Å². The minimum Gasteiger partial charge on any atom is -0.366 e. The number of nitrogens with one attached hydrogen (secondary N) is 2. The first-order valence-corrected chi connectivity index (χ1v) is 6.22. The van der Waals surface area contributed by atoms with Gasteiger partial charge in [-0.1, -0.05) is 30.7 Å². The van der Waals surface area contributed by atoms with Gasteiger partial charge in [-0.3, -0.25) is 9.89 Å². The monoisotopic (exact) mass is 279 g/mol. The molecule has 0 saturated heterocycles. The van der Waals surface area contributed by atoms with Gasteiger partial charge in [0.25, 0.3) is 5.91 Å². The summed E-state index contributed by atoms with van der Waals surface area (Å²) in [5.41, 5.74) is 6.30. The summed E-state index contributed by atoms with van der Waals surface area (Å²) >= 11 is 5.95. The number of amides is 1. The number of hydrogen-bond donors (Lipinski definition) is 3. The van der Waals surface area contributed by atoms with Crippen LogP contribution in [-0.4, -0.2) is 21.1 Å². The highest BCUT2D eigenvalue weighted by molar-refractivity contribution is 6.30. The molecular weight excluding hydrogens is 266 g/mol. The SMILES string of the molecule is CCC(NC(=O)c1nc(N)n[nH]1)c1cccc(Cl)c1. The molecule has 1 amide bonds. The number of H-pyrrole nitrogens is 1. The lowest BCUT2D eigenvalue weighted by Crippen LogP contribution is -2.29. The number of hydrogen-bond acceptors (Lipinski definition) is 4. The molecule has 19 heavy (non-hydrogen) atoms. The maximum absolute atomic E-state index is 12.0. The van der Waals surface area contributed by atoms with Crippen LogP contribution in [-0.2, 0) is 0 Å². The normalized spacial score (nSPS) is 12.1. The van der Waals surface area contributed by atoms with Crippen LogP contribution < -0.4 is 11.1 Å². The first-order chi connectivity index (χ1) is 9.10. The van der Waals surface area contributed by atoms with Crippen molar-refractivity contribution in [3.63, 3.8) is 0 Å². The van der Waals surface area contributed by atoms with Crippen LogP contribution in [0.5, 0.6) is 0 Å². The van der Waals surface area contributed by atoms with Crippen LogP contribution in [0, 0.1) is 0 Å². The lowest BCUT2D eigenvalue weighted by atomic mass is 10.0. The first-order valence-electron chi connectivity index (χ1n) is 5.84. The Labute approximate surface area is 115 Å². The van der Waals surface area contributed by atoms with Crippen molar-refractivity contribution in [2.45, 2.75) is 19.4 Å². The van der Waals surface area contributed by atoms with Crippen molar-refractivity contribution in [2.24, 2.45) is 0 Å². The molecule has 0 aliphatic rings. The molecule has 1 aromatic carbocycles. The number of benzene rings is 1. The molecule has 0 bridgehead atoms. The van der Waals surface area contributed by atoms with E-state index in [-0.39, 0.29) is 23.7 Å². The summed E-state index contributed by atoms with van der Waals surface area (Å²) in [6.07, 6.45) is 0.732. The lowest BCUT2D eigenvalue weighted by Gasteiger charge is -2.16. The number of carbonyl (C=O) groups excluding carboxylic acids is 1. The zero-order valence-electron chi connectivity index (χ0n) is 10.4. The van der Waals surface area contributed by atoms with Crippen molar-refractivity contribution in [1.82, 2.24) is 20.5 Å². The summed E-state index contributed by atoms with van der Waals surface area (Å²) in [6.45, 7) is 1.97. The number of anilines is 1. The smallest absolute Gasteiger partial charge is 0.289 e. The van der Waals surface area contributed by atoms with Crippen molar-refractivity contribution < 1.29 is 4.79 Å². The van der Waals surface area contributed by atoms with Crippen LogP contribution in [0.1, 0.15) is 35.6 Å². The fourth-order valence-corrected chi connectivity index (χ4v) is 1.95. The molecule has 1 atom stereocenters. The van der Waals surface area contributed by atoms with Gasteiger partial charge in [-0.2, -0.15) is 4.98 Å². The molecule has 0 radical (unpaired) electrons.